The van der Waals surface area contributed by atoms with Crippen molar-refractivity contribution < 1.29 is 4.74 Å². The highest BCUT2D eigenvalue weighted by Crippen LogP contribution is 2.28. The minimum absolute atomic E-state index is 0.301. The van der Waals surface area contributed by atoms with Crippen LogP contribution in [0.1, 0.15) is 18.5 Å². The van der Waals surface area contributed by atoms with Crippen LogP contribution in [0.15, 0.2) is 16.7 Å². The van der Waals surface area contributed by atoms with E-state index in [1.165, 1.54) is 0 Å². The molecule has 3 nitrogen and oxygen atoms in total. The van der Waals surface area contributed by atoms with E-state index < -0.39 is 0 Å². The first-order chi connectivity index (χ1) is 6.29. The third-order valence-electron chi connectivity index (χ3n) is 1.75. The minimum Gasteiger partial charge on any atom is -0.487 e. The fourth-order valence-corrected chi connectivity index (χ4v) is 1.27. The average molecular weight is 239 g/mol. The number of hydrogen-bond acceptors (Lipinski definition) is 3. The first-order valence-electron chi connectivity index (χ1n) is 4.03. The zero-order valence-corrected chi connectivity index (χ0v) is 8.41. The Balaban J connectivity index is 2.27. The lowest BCUT2D eigenvalue weighted by molar-refractivity contribution is 0.301. The molecule has 4 heteroatoms. The Bertz CT molecular complexity index is 368. The van der Waals surface area contributed by atoms with Crippen LogP contribution in [0.4, 0.5) is 0 Å². The van der Waals surface area contributed by atoms with Gasteiger partial charge in [0.2, 0.25) is 0 Å². The van der Waals surface area contributed by atoms with Crippen molar-refractivity contribution in [2.24, 2.45) is 0 Å². The Labute approximate surface area is 84.5 Å². The predicted octanol–water partition coefficient (Wildman–Crippen LogP) is 2.26. The van der Waals surface area contributed by atoms with Crippen molar-refractivity contribution in [3.63, 3.8) is 0 Å². The van der Waals surface area contributed by atoms with Crippen molar-refractivity contribution in [3.05, 3.63) is 22.4 Å². The topological polar surface area (TPSA) is 45.9 Å². The lowest BCUT2D eigenvalue weighted by Gasteiger charge is -2.04. The van der Waals surface area contributed by atoms with Crippen molar-refractivity contribution in [3.8, 4) is 11.8 Å². The quantitative estimate of drug-likeness (QED) is 0.743. The molecule has 66 valence electrons. The molecule has 0 aliphatic heterocycles. The van der Waals surface area contributed by atoms with Crippen molar-refractivity contribution in [1.82, 2.24) is 4.98 Å². The van der Waals surface area contributed by atoms with E-state index in [2.05, 4.69) is 20.9 Å². The summed E-state index contributed by atoms with van der Waals surface area (Å²) in [4.78, 5) is 4.00. The van der Waals surface area contributed by atoms with Gasteiger partial charge in [0.25, 0.3) is 0 Å². The van der Waals surface area contributed by atoms with Gasteiger partial charge in [-0.05, 0) is 40.9 Å². The molecule has 0 amide bonds. The Morgan fingerprint density at radius 1 is 1.54 bits per heavy atom. The molecule has 1 aliphatic rings. The SMILES string of the molecule is N#Cc1nc(Br)ccc1OC1CC1. The first-order valence-corrected chi connectivity index (χ1v) is 4.82. The van der Waals surface area contributed by atoms with Gasteiger partial charge in [-0.3, -0.25) is 0 Å². The minimum atomic E-state index is 0.301. The van der Waals surface area contributed by atoms with Crippen LogP contribution in [0.3, 0.4) is 0 Å². The second kappa shape index (κ2) is 3.35. The van der Waals surface area contributed by atoms with Gasteiger partial charge in [0.1, 0.15) is 10.7 Å². The zero-order chi connectivity index (χ0) is 9.26. The van der Waals surface area contributed by atoms with E-state index in [9.17, 15) is 0 Å². The summed E-state index contributed by atoms with van der Waals surface area (Å²) in [6.07, 6.45) is 2.47. The van der Waals surface area contributed by atoms with E-state index in [1.807, 2.05) is 6.07 Å². The highest BCUT2D eigenvalue weighted by atomic mass is 79.9. The molecule has 1 aromatic rings. The summed E-state index contributed by atoms with van der Waals surface area (Å²) in [5.74, 6) is 0.591. The number of hydrogen-bond donors (Lipinski definition) is 0. The number of nitriles is 1. The van der Waals surface area contributed by atoms with Gasteiger partial charge in [0, 0.05) is 0 Å². The maximum absolute atomic E-state index is 8.76. The summed E-state index contributed by atoms with van der Waals surface area (Å²) in [6.45, 7) is 0. The van der Waals surface area contributed by atoms with Crippen molar-refractivity contribution in [2.45, 2.75) is 18.9 Å². The fraction of sp³-hybridized carbons (Fsp3) is 0.333. The average Bonchev–Trinajstić information content (AvgIpc) is 2.92. The molecule has 1 saturated carbocycles. The van der Waals surface area contributed by atoms with Crippen LogP contribution in [0.2, 0.25) is 0 Å². The zero-order valence-electron chi connectivity index (χ0n) is 6.83. The van der Waals surface area contributed by atoms with Gasteiger partial charge in [-0.15, -0.1) is 0 Å². The van der Waals surface area contributed by atoms with Crippen LogP contribution in [-0.4, -0.2) is 11.1 Å². The van der Waals surface area contributed by atoms with Gasteiger partial charge in [-0.1, -0.05) is 0 Å². The number of aromatic nitrogens is 1. The summed E-state index contributed by atoms with van der Waals surface area (Å²) in [5, 5.41) is 8.76. The smallest absolute Gasteiger partial charge is 0.183 e. The van der Waals surface area contributed by atoms with E-state index in [0.29, 0.717) is 22.2 Å². The monoisotopic (exact) mass is 238 g/mol. The summed E-state index contributed by atoms with van der Waals surface area (Å²) < 4.78 is 6.16. The first kappa shape index (κ1) is 8.52. The van der Waals surface area contributed by atoms with Gasteiger partial charge in [0.15, 0.2) is 11.4 Å². The number of nitrogens with zero attached hydrogens (tertiary/aromatic N) is 2. The van der Waals surface area contributed by atoms with Gasteiger partial charge in [-0.2, -0.15) is 5.26 Å². The van der Waals surface area contributed by atoms with Crippen LogP contribution < -0.4 is 4.74 Å². The molecule has 0 saturated heterocycles. The maximum atomic E-state index is 8.76. The third kappa shape index (κ3) is 1.99. The number of rotatable bonds is 2. The molecule has 0 radical (unpaired) electrons. The Morgan fingerprint density at radius 2 is 2.31 bits per heavy atom. The molecule has 0 bridgehead atoms. The van der Waals surface area contributed by atoms with Crippen molar-refractivity contribution in [1.29, 1.82) is 5.26 Å². The lowest BCUT2D eigenvalue weighted by atomic mass is 10.3. The Morgan fingerprint density at radius 3 is 2.92 bits per heavy atom. The van der Waals surface area contributed by atoms with Crippen LogP contribution >= 0.6 is 15.9 Å². The molecule has 1 heterocycles. The summed E-state index contributed by atoms with van der Waals surface area (Å²) >= 11 is 3.20. The molecule has 0 aromatic carbocycles. The molecule has 2 rings (SSSR count). The maximum Gasteiger partial charge on any atom is 0.183 e. The van der Waals surface area contributed by atoms with E-state index in [0.717, 1.165) is 12.8 Å². The summed E-state index contributed by atoms with van der Waals surface area (Å²) in [7, 11) is 0. The Kier molecular flexibility index (Phi) is 2.19. The van der Waals surface area contributed by atoms with E-state index in [-0.39, 0.29) is 0 Å². The molecular formula is C9H7BrN2O. The molecule has 1 aromatic heterocycles. The second-order valence-electron chi connectivity index (χ2n) is 2.91. The number of ether oxygens (including phenoxy) is 1. The molecule has 0 spiro atoms. The fourth-order valence-electron chi connectivity index (χ4n) is 0.963. The molecule has 1 aliphatic carbocycles. The number of pyridine rings is 1. The van der Waals surface area contributed by atoms with E-state index in [4.69, 9.17) is 10.00 Å². The number of halogens is 1. The van der Waals surface area contributed by atoms with Crippen LogP contribution in [0.5, 0.6) is 5.75 Å². The van der Waals surface area contributed by atoms with E-state index >= 15 is 0 Å². The summed E-state index contributed by atoms with van der Waals surface area (Å²) in [5.41, 5.74) is 0.348. The van der Waals surface area contributed by atoms with Crippen LogP contribution in [-0.2, 0) is 0 Å². The van der Waals surface area contributed by atoms with Gasteiger partial charge >= 0.3 is 0 Å². The van der Waals surface area contributed by atoms with Crippen molar-refractivity contribution >= 4 is 15.9 Å². The van der Waals surface area contributed by atoms with E-state index in [1.54, 1.807) is 12.1 Å². The van der Waals surface area contributed by atoms with Gasteiger partial charge in [-0.25, -0.2) is 4.98 Å². The predicted molar refractivity (Wildman–Crippen MR) is 50.3 cm³/mol. The highest BCUT2D eigenvalue weighted by molar-refractivity contribution is 9.10. The second-order valence-corrected chi connectivity index (χ2v) is 3.72. The lowest BCUT2D eigenvalue weighted by Crippen LogP contribution is -1.99. The molecule has 13 heavy (non-hydrogen) atoms. The molecule has 0 N–H and O–H groups in total. The van der Waals surface area contributed by atoms with Crippen LogP contribution in [0, 0.1) is 11.3 Å². The van der Waals surface area contributed by atoms with Gasteiger partial charge < -0.3 is 4.74 Å². The normalized spacial score (nSPS) is 15.1. The largest absolute Gasteiger partial charge is 0.487 e. The molecule has 0 atom stereocenters. The standard InChI is InChI=1S/C9H7BrN2O/c10-9-4-3-8(7(5-11)12-9)13-6-1-2-6/h3-4,6H,1-2H2. The van der Waals surface area contributed by atoms with Crippen LogP contribution in [0.25, 0.3) is 0 Å². The molecular weight excluding hydrogens is 232 g/mol. The van der Waals surface area contributed by atoms with Gasteiger partial charge in [0.05, 0.1) is 6.10 Å². The summed E-state index contributed by atoms with van der Waals surface area (Å²) in [6, 6.07) is 5.55. The Hall–Kier alpha value is -1.08. The third-order valence-corrected chi connectivity index (χ3v) is 2.19. The molecule has 1 fully saturated rings. The highest BCUT2D eigenvalue weighted by Gasteiger charge is 2.24. The van der Waals surface area contributed by atoms with Crippen molar-refractivity contribution in [2.75, 3.05) is 0 Å². The molecule has 0 unspecified atom stereocenters.